The zero-order valence-corrected chi connectivity index (χ0v) is 12.8. The van der Waals surface area contributed by atoms with E-state index in [1.54, 1.807) is 6.07 Å². The Morgan fingerprint density at radius 2 is 2.17 bits per heavy atom. The molecule has 8 heteroatoms. The van der Waals surface area contributed by atoms with Gasteiger partial charge in [-0.3, -0.25) is 10.1 Å². The van der Waals surface area contributed by atoms with Gasteiger partial charge in [0.1, 0.15) is 18.1 Å². The molecule has 3 rings (SSSR count). The van der Waals surface area contributed by atoms with E-state index in [1.807, 2.05) is 0 Å². The quantitative estimate of drug-likeness (QED) is 0.617. The summed E-state index contributed by atoms with van der Waals surface area (Å²) in [6, 6.07) is 6.97. The molecule has 0 atom stereocenters. The molecule has 24 heavy (non-hydrogen) atoms. The molecule has 0 N–H and O–H groups in total. The molecule has 1 heterocycles. The van der Waals surface area contributed by atoms with Gasteiger partial charge >= 0.3 is 0 Å². The Hall–Kier alpha value is -2.87. The topological polar surface area (TPSA) is 80.1 Å². The van der Waals surface area contributed by atoms with Gasteiger partial charge < -0.3 is 18.9 Å². The average molecular weight is 335 g/mol. The third-order valence-corrected chi connectivity index (χ3v) is 3.50. The van der Waals surface area contributed by atoms with Crippen LogP contribution in [0.3, 0.4) is 0 Å². The molecule has 0 aromatic heterocycles. The van der Waals surface area contributed by atoms with Crippen molar-refractivity contribution in [1.82, 2.24) is 0 Å². The number of rotatable bonds is 5. The molecule has 0 aliphatic carbocycles. The molecule has 0 fully saturated rings. The number of non-ortho nitro benzene ring substituents is 1. The van der Waals surface area contributed by atoms with E-state index in [4.69, 9.17) is 18.9 Å². The van der Waals surface area contributed by atoms with Crippen molar-refractivity contribution >= 4 is 5.69 Å². The Kier molecular flexibility index (Phi) is 4.48. The van der Waals surface area contributed by atoms with Crippen LogP contribution in [0, 0.1) is 15.9 Å². The van der Waals surface area contributed by atoms with Gasteiger partial charge in [0.05, 0.1) is 18.6 Å². The molecular weight excluding hydrogens is 321 g/mol. The van der Waals surface area contributed by atoms with Crippen molar-refractivity contribution in [2.75, 3.05) is 13.9 Å². The first kappa shape index (κ1) is 16.0. The third-order valence-electron chi connectivity index (χ3n) is 3.50. The predicted octanol–water partition coefficient (Wildman–Crippen LogP) is 3.19. The summed E-state index contributed by atoms with van der Waals surface area (Å²) in [6.07, 6.45) is 0. The van der Waals surface area contributed by atoms with Gasteiger partial charge in [0.15, 0.2) is 18.4 Å². The minimum atomic E-state index is -0.555. The minimum Gasteiger partial charge on any atom is -0.494 e. The summed E-state index contributed by atoms with van der Waals surface area (Å²) >= 11 is 0. The molecule has 2 aromatic rings. The van der Waals surface area contributed by atoms with E-state index in [1.165, 1.54) is 31.4 Å². The number of hydrogen-bond donors (Lipinski definition) is 0. The van der Waals surface area contributed by atoms with E-state index in [0.717, 1.165) is 0 Å². The Labute approximate surface area is 136 Å². The maximum absolute atomic E-state index is 13.7. The summed E-state index contributed by atoms with van der Waals surface area (Å²) in [5.74, 6) is 0.331. The Bertz CT molecular complexity index is 779. The standard InChI is InChI=1S/C16H14FNO6/c1-21-15-3-2-13(6-14(15)17)23-8-11-5-12(18(19)20)4-10-7-22-9-24-16(10)11/h2-6H,7-9H2,1H3. The van der Waals surface area contributed by atoms with E-state index < -0.39 is 10.7 Å². The van der Waals surface area contributed by atoms with Gasteiger partial charge in [-0.1, -0.05) is 0 Å². The fourth-order valence-corrected chi connectivity index (χ4v) is 2.39. The average Bonchev–Trinajstić information content (AvgIpc) is 2.59. The van der Waals surface area contributed by atoms with Crippen LogP contribution in [0.2, 0.25) is 0 Å². The number of methoxy groups -OCH3 is 1. The summed E-state index contributed by atoms with van der Waals surface area (Å²) in [7, 11) is 1.37. The number of nitro benzene ring substituents is 1. The first-order chi connectivity index (χ1) is 11.6. The smallest absolute Gasteiger partial charge is 0.270 e. The second-order valence-electron chi connectivity index (χ2n) is 5.05. The minimum absolute atomic E-state index is 0.00418. The highest BCUT2D eigenvalue weighted by Crippen LogP contribution is 2.33. The van der Waals surface area contributed by atoms with Crippen LogP contribution in [0.15, 0.2) is 30.3 Å². The lowest BCUT2D eigenvalue weighted by Crippen LogP contribution is -2.14. The van der Waals surface area contributed by atoms with Crippen molar-refractivity contribution in [3.05, 3.63) is 57.4 Å². The zero-order chi connectivity index (χ0) is 17.1. The first-order valence-corrected chi connectivity index (χ1v) is 7.05. The van der Waals surface area contributed by atoms with Crippen LogP contribution in [-0.2, 0) is 18.0 Å². The molecule has 0 spiro atoms. The van der Waals surface area contributed by atoms with E-state index in [0.29, 0.717) is 16.9 Å². The summed E-state index contributed by atoms with van der Waals surface area (Å²) in [6.45, 7) is 0.284. The van der Waals surface area contributed by atoms with Gasteiger partial charge in [0, 0.05) is 29.3 Å². The molecule has 0 amide bonds. The molecule has 0 unspecified atom stereocenters. The van der Waals surface area contributed by atoms with Gasteiger partial charge in [-0.15, -0.1) is 0 Å². The molecule has 126 valence electrons. The highest BCUT2D eigenvalue weighted by molar-refractivity contribution is 5.50. The summed E-state index contributed by atoms with van der Waals surface area (Å²) in [5.41, 5.74) is 0.996. The van der Waals surface area contributed by atoms with Gasteiger partial charge in [-0.05, 0) is 12.1 Å². The van der Waals surface area contributed by atoms with Crippen LogP contribution in [0.25, 0.3) is 0 Å². The van der Waals surface area contributed by atoms with Crippen molar-refractivity contribution in [1.29, 1.82) is 0 Å². The van der Waals surface area contributed by atoms with Crippen molar-refractivity contribution in [2.45, 2.75) is 13.2 Å². The summed E-state index contributed by atoms with van der Waals surface area (Å²) in [4.78, 5) is 10.6. The van der Waals surface area contributed by atoms with Crippen molar-refractivity contribution in [3.8, 4) is 17.2 Å². The zero-order valence-electron chi connectivity index (χ0n) is 12.8. The summed E-state index contributed by atoms with van der Waals surface area (Å²) in [5, 5.41) is 11.0. The van der Waals surface area contributed by atoms with Crippen molar-refractivity contribution < 1.29 is 28.3 Å². The van der Waals surface area contributed by atoms with Gasteiger partial charge in [0.25, 0.3) is 5.69 Å². The molecule has 1 aliphatic rings. The van der Waals surface area contributed by atoms with Crippen molar-refractivity contribution in [2.24, 2.45) is 0 Å². The number of benzene rings is 2. The number of hydrogen-bond acceptors (Lipinski definition) is 6. The van der Waals surface area contributed by atoms with E-state index >= 15 is 0 Å². The second kappa shape index (κ2) is 6.71. The van der Waals surface area contributed by atoms with Crippen molar-refractivity contribution in [3.63, 3.8) is 0 Å². The number of ether oxygens (including phenoxy) is 4. The molecule has 0 saturated heterocycles. The van der Waals surface area contributed by atoms with Gasteiger partial charge in [0.2, 0.25) is 0 Å². The molecule has 0 saturated carbocycles. The highest BCUT2D eigenvalue weighted by Gasteiger charge is 2.21. The van der Waals surface area contributed by atoms with Crippen LogP contribution in [0.4, 0.5) is 10.1 Å². The first-order valence-electron chi connectivity index (χ1n) is 7.05. The van der Waals surface area contributed by atoms with Gasteiger partial charge in [-0.25, -0.2) is 4.39 Å². The van der Waals surface area contributed by atoms with Crippen LogP contribution >= 0.6 is 0 Å². The summed E-state index contributed by atoms with van der Waals surface area (Å²) < 4.78 is 34.6. The van der Waals surface area contributed by atoms with Crippen LogP contribution < -0.4 is 14.2 Å². The third kappa shape index (κ3) is 3.23. The van der Waals surface area contributed by atoms with Crippen LogP contribution in [-0.4, -0.2) is 18.8 Å². The van der Waals surface area contributed by atoms with Gasteiger partial charge in [-0.2, -0.15) is 0 Å². The highest BCUT2D eigenvalue weighted by atomic mass is 19.1. The number of nitrogens with zero attached hydrogens (tertiary/aromatic N) is 1. The molecule has 1 aliphatic heterocycles. The largest absolute Gasteiger partial charge is 0.494 e. The lowest BCUT2D eigenvalue weighted by Gasteiger charge is -2.20. The molecular formula is C16H14FNO6. The molecule has 7 nitrogen and oxygen atoms in total. The Balaban J connectivity index is 1.85. The Morgan fingerprint density at radius 3 is 2.88 bits per heavy atom. The molecule has 2 aromatic carbocycles. The normalized spacial score (nSPS) is 12.9. The predicted molar refractivity (Wildman–Crippen MR) is 80.7 cm³/mol. The monoisotopic (exact) mass is 335 g/mol. The fraction of sp³-hybridized carbons (Fsp3) is 0.250. The number of nitro groups is 1. The molecule has 0 bridgehead atoms. The SMILES string of the molecule is COc1ccc(OCc2cc([N+](=O)[O-])cc3c2OCOC3)cc1F. The Morgan fingerprint density at radius 1 is 1.33 bits per heavy atom. The van der Waals surface area contributed by atoms with E-state index in [2.05, 4.69) is 0 Å². The van der Waals surface area contributed by atoms with Crippen LogP contribution in [0.5, 0.6) is 17.2 Å². The maximum atomic E-state index is 13.7. The van der Waals surface area contributed by atoms with Crippen LogP contribution in [0.1, 0.15) is 11.1 Å². The fourth-order valence-electron chi connectivity index (χ4n) is 2.39. The number of halogens is 1. The molecule has 0 radical (unpaired) electrons. The lowest BCUT2D eigenvalue weighted by atomic mass is 10.1. The second-order valence-corrected chi connectivity index (χ2v) is 5.05. The van der Waals surface area contributed by atoms with E-state index in [9.17, 15) is 14.5 Å². The lowest BCUT2D eigenvalue weighted by molar-refractivity contribution is -0.385. The van der Waals surface area contributed by atoms with E-state index in [-0.39, 0.29) is 37.2 Å². The number of fused-ring (bicyclic) bond motifs is 1. The maximum Gasteiger partial charge on any atom is 0.270 e.